The summed E-state index contributed by atoms with van der Waals surface area (Å²) in [7, 11) is 0. The van der Waals surface area contributed by atoms with Crippen LogP contribution >= 0.6 is 11.6 Å². The Balaban J connectivity index is 2.20. The number of nitrogens with one attached hydrogen (secondary N) is 1. The van der Waals surface area contributed by atoms with Gasteiger partial charge in [-0.1, -0.05) is 17.7 Å². The van der Waals surface area contributed by atoms with E-state index >= 15 is 0 Å². The molecule has 0 amide bonds. The molecular weight excluding hydrogens is 229 g/mol. The minimum atomic E-state index is -0.395. The van der Waals surface area contributed by atoms with Crippen LogP contribution in [0.5, 0.6) is 0 Å². The van der Waals surface area contributed by atoms with Crippen LogP contribution in [0.15, 0.2) is 18.2 Å². The monoisotopic (exact) mass is 243 g/mol. The van der Waals surface area contributed by atoms with Crippen molar-refractivity contribution in [2.75, 3.05) is 13.1 Å². The number of morpholine rings is 1. The molecule has 0 spiro atoms. The molecule has 0 aliphatic carbocycles. The maximum absolute atomic E-state index is 13.0. The molecule has 0 radical (unpaired) electrons. The number of hydrogen-bond acceptors (Lipinski definition) is 2. The fourth-order valence-corrected chi connectivity index (χ4v) is 2.06. The summed E-state index contributed by atoms with van der Waals surface area (Å²) in [5.41, 5.74) is 0.704. The Bertz CT molecular complexity index is 395. The molecule has 0 saturated carbocycles. The second-order valence-corrected chi connectivity index (χ2v) is 5.08. The Kier molecular flexibility index (Phi) is 3.19. The van der Waals surface area contributed by atoms with E-state index in [1.54, 1.807) is 12.1 Å². The van der Waals surface area contributed by atoms with Gasteiger partial charge in [-0.05, 0) is 31.5 Å². The van der Waals surface area contributed by atoms with Crippen molar-refractivity contribution in [1.82, 2.24) is 5.32 Å². The first-order valence-electron chi connectivity index (χ1n) is 5.31. The van der Waals surface area contributed by atoms with Crippen molar-refractivity contribution in [2.45, 2.75) is 25.6 Å². The van der Waals surface area contributed by atoms with Crippen molar-refractivity contribution < 1.29 is 9.13 Å². The Hall–Kier alpha value is -0.640. The van der Waals surface area contributed by atoms with E-state index in [0.717, 1.165) is 18.7 Å². The molecule has 1 aliphatic heterocycles. The first-order chi connectivity index (χ1) is 7.48. The summed E-state index contributed by atoms with van der Waals surface area (Å²) in [6, 6.07) is 4.72. The zero-order valence-corrected chi connectivity index (χ0v) is 10.1. The van der Waals surface area contributed by atoms with Crippen molar-refractivity contribution in [3.8, 4) is 0 Å². The molecule has 1 aliphatic rings. The van der Waals surface area contributed by atoms with Crippen molar-refractivity contribution in [3.63, 3.8) is 0 Å². The van der Waals surface area contributed by atoms with E-state index < -0.39 is 5.82 Å². The van der Waals surface area contributed by atoms with Crippen LogP contribution < -0.4 is 5.32 Å². The second-order valence-electron chi connectivity index (χ2n) is 4.67. The van der Waals surface area contributed by atoms with Gasteiger partial charge in [0.2, 0.25) is 0 Å². The Morgan fingerprint density at radius 2 is 2.25 bits per heavy atom. The topological polar surface area (TPSA) is 21.3 Å². The third-order valence-electron chi connectivity index (χ3n) is 2.66. The van der Waals surface area contributed by atoms with Gasteiger partial charge in [-0.3, -0.25) is 0 Å². The van der Waals surface area contributed by atoms with Crippen molar-refractivity contribution in [3.05, 3.63) is 34.6 Å². The molecule has 1 N–H and O–H groups in total. The molecule has 0 aromatic heterocycles. The molecule has 2 nitrogen and oxygen atoms in total. The average molecular weight is 244 g/mol. The molecule has 0 bridgehead atoms. The van der Waals surface area contributed by atoms with E-state index in [1.165, 1.54) is 6.07 Å². The fraction of sp³-hybridized carbons (Fsp3) is 0.500. The molecule has 4 heteroatoms. The largest absolute Gasteiger partial charge is 0.365 e. The number of benzene rings is 1. The highest BCUT2D eigenvalue weighted by atomic mass is 35.5. The van der Waals surface area contributed by atoms with E-state index in [-0.39, 0.29) is 16.7 Å². The number of hydrogen-bond donors (Lipinski definition) is 1. The molecule has 1 aromatic carbocycles. The molecule has 16 heavy (non-hydrogen) atoms. The average Bonchev–Trinajstić information content (AvgIpc) is 2.20. The van der Waals surface area contributed by atoms with Crippen molar-refractivity contribution in [1.29, 1.82) is 0 Å². The van der Waals surface area contributed by atoms with Crippen molar-refractivity contribution in [2.24, 2.45) is 0 Å². The molecule has 1 atom stereocenters. The zero-order chi connectivity index (χ0) is 11.8. The van der Waals surface area contributed by atoms with Crippen LogP contribution in [0.25, 0.3) is 0 Å². The summed E-state index contributed by atoms with van der Waals surface area (Å²) in [6.45, 7) is 5.60. The molecule has 1 fully saturated rings. The predicted molar refractivity (Wildman–Crippen MR) is 62.2 cm³/mol. The van der Waals surface area contributed by atoms with Gasteiger partial charge in [-0.25, -0.2) is 4.39 Å². The number of ether oxygens (including phenoxy) is 1. The Morgan fingerprint density at radius 3 is 2.88 bits per heavy atom. The minimum absolute atomic E-state index is 0.0677. The molecule has 1 heterocycles. The van der Waals surface area contributed by atoms with Gasteiger partial charge in [-0.15, -0.1) is 0 Å². The summed E-state index contributed by atoms with van der Waals surface area (Å²) < 4.78 is 18.9. The maximum atomic E-state index is 13.0. The number of halogens is 2. The quantitative estimate of drug-likeness (QED) is 0.819. The van der Waals surface area contributed by atoms with Gasteiger partial charge in [0.15, 0.2) is 0 Å². The molecule has 88 valence electrons. The Labute approximate surface area is 99.7 Å². The highest BCUT2D eigenvalue weighted by Gasteiger charge is 2.29. The first kappa shape index (κ1) is 11.8. The van der Waals surface area contributed by atoms with Crippen LogP contribution in [-0.2, 0) is 4.74 Å². The molecule has 1 saturated heterocycles. The van der Waals surface area contributed by atoms with Crippen LogP contribution in [0.4, 0.5) is 4.39 Å². The molecular formula is C12H15ClFNO. The van der Waals surface area contributed by atoms with Crippen LogP contribution in [0.3, 0.4) is 0 Å². The minimum Gasteiger partial charge on any atom is -0.365 e. The van der Waals surface area contributed by atoms with Crippen LogP contribution in [0.1, 0.15) is 25.5 Å². The van der Waals surface area contributed by atoms with Crippen LogP contribution in [-0.4, -0.2) is 18.7 Å². The number of rotatable bonds is 1. The molecule has 2 rings (SSSR count). The standard InChI is InChI=1S/C12H15ClFNO/c1-12(2)7-15-6-11(16-12)8-3-4-10(14)9(13)5-8/h3-5,11,15H,6-7H2,1-2H3. The summed E-state index contributed by atoms with van der Waals surface area (Å²) in [5.74, 6) is -0.395. The highest BCUT2D eigenvalue weighted by molar-refractivity contribution is 6.30. The zero-order valence-electron chi connectivity index (χ0n) is 9.39. The van der Waals surface area contributed by atoms with Gasteiger partial charge >= 0.3 is 0 Å². The third kappa shape index (κ3) is 2.54. The lowest BCUT2D eigenvalue weighted by Gasteiger charge is -2.36. The summed E-state index contributed by atoms with van der Waals surface area (Å²) >= 11 is 5.75. The normalized spacial score (nSPS) is 24.4. The van der Waals surface area contributed by atoms with Gasteiger partial charge in [0.05, 0.1) is 16.7 Å². The first-order valence-corrected chi connectivity index (χ1v) is 5.69. The molecule has 1 unspecified atom stereocenters. The lowest BCUT2D eigenvalue weighted by atomic mass is 10.0. The van der Waals surface area contributed by atoms with Crippen molar-refractivity contribution >= 4 is 11.6 Å². The fourth-order valence-electron chi connectivity index (χ4n) is 1.87. The van der Waals surface area contributed by atoms with E-state index in [9.17, 15) is 4.39 Å². The van der Waals surface area contributed by atoms with Gasteiger partial charge in [0, 0.05) is 13.1 Å². The van der Waals surface area contributed by atoms with Crippen LogP contribution in [0.2, 0.25) is 5.02 Å². The maximum Gasteiger partial charge on any atom is 0.141 e. The summed E-state index contributed by atoms with van der Waals surface area (Å²) in [6.07, 6.45) is -0.0677. The van der Waals surface area contributed by atoms with Gasteiger partial charge < -0.3 is 10.1 Å². The summed E-state index contributed by atoms with van der Waals surface area (Å²) in [4.78, 5) is 0. The van der Waals surface area contributed by atoms with Gasteiger partial charge in [0.25, 0.3) is 0 Å². The second kappa shape index (κ2) is 4.32. The third-order valence-corrected chi connectivity index (χ3v) is 2.95. The lowest BCUT2D eigenvalue weighted by molar-refractivity contribution is -0.0958. The van der Waals surface area contributed by atoms with E-state index in [0.29, 0.717) is 0 Å². The van der Waals surface area contributed by atoms with Gasteiger partial charge in [0.1, 0.15) is 5.82 Å². The van der Waals surface area contributed by atoms with Crippen LogP contribution in [0, 0.1) is 5.82 Å². The predicted octanol–water partition coefficient (Wildman–Crippen LogP) is 2.92. The van der Waals surface area contributed by atoms with Gasteiger partial charge in [-0.2, -0.15) is 0 Å². The highest BCUT2D eigenvalue weighted by Crippen LogP contribution is 2.29. The molecule has 1 aromatic rings. The Morgan fingerprint density at radius 1 is 1.50 bits per heavy atom. The van der Waals surface area contributed by atoms with E-state index in [1.807, 2.05) is 13.8 Å². The smallest absolute Gasteiger partial charge is 0.141 e. The SMILES string of the molecule is CC1(C)CNCC(c2ccc(F)c(Cl)c2)O1. The summed E-state index contributed by atoms with van der Waals surface area (Å²) in [5, 5.41) is 3.44. The van der Waals surface area contributed by atoms with E-state index in [2.05, 4.69) is 5.32 Å². The van der Waals surface area contributed by atoms with E-state index in [4.69, 9.17) is 16.3 Å². The lowest BCUT2D eigenvalue weighted by Crippen LogP contribution is -2.46.